The standard InChI is InChI=1S/C20H20BrN3O/c1-3-24-11-10-13-8-9-14(12-17(13)24)22-20(25)19-18(21)15-6-4-5-7-16(15)23(19)2/h4-9,12H,3,10-11H2,1-2H3,(H,22,25). The number of carbonyl (C=O) groups is 1. The fraction of sp³-hybridized carbons (Fsp3) is 0.250. The first-order valence-corrected chi connectivity index (χ1v) is 9.31. The van der Waals surface area contributed by atoms with E-state index in [-0.39, 0.29) is 5.91 Å². The molecule has 0 saturated carbocycles. The van der Waals surface area contributed by atoms with E-state index in [4.69, 9.17) is 0 Å². The van der Waals surface area contributed by atoms with Crippen molar-refractivity contribution >= 4 is 44.1 Å². The molecule has 5 heteroatoms. The molecule has 2 aromatic carbocycles. The number of halogens is 1. The number of hydrogen-bond acceptors (Lipinski definition) is 2. The van der Waals surface area contributed by atoms with E-state index >= 15 is 0 Å². The average molecular weight is 398 g/mol. The summed E-state index contributed by atoms with van der Waals surface area (Å²) in [4.78, 5) is 15.2. The van der Waals surface area contributed by atoms with Crippen LogP contribution in [-0.4, -0.2) is 23.6 Å². The van der Waals surface area contributed by atoms with Crippen LogP contribution in [0.5, 0.6) is 0 Å². The molecule has 1 aliphatic heterocycles. The van der Waals surface area contributed by atoms with Crippen LogP contribution < -0.4 is 10.2 Å². The molecule has 0 unspecified atom stereocenters. The maximum Gasteiger partial charge on any atom is 0.273 e. The third-order valence-corrected chi connectivity index (χ3v) is 5.78. The smallest absolute Gasteiger partial charge is 0.273 e. The lowest BCUT2D eigenvalue weighted by Gasteiger charge is -2.17. The molecule has 0 atom stereocenters. The maximum absolute atomic E-state index is 12.9. The molecule has 0 fully saturated rings. The van der Waals surface area contributed by atoms with Gasteiger partial charge in [0, 0.05) is 42.4 Å². The van der Waals surface area contributed by atoms with E-state index in [2.05, 4.69) is 45.2 Å². The molecular weight excluding hydrogens is 378 g/mol. The van der Waals surface area contributed by atoms with Crippen LogP contribution in [0.15, 0.2) is 46.9 Å². The summed E-state index contributed by atoms with van der Waals surface area (Å²) in [5, 5.41) is 4.10. The van der Waals surface area contributed by atoms with Crippen molar-refractivity contribution in [2.75, 3.05) is 23.3 Å². The number of nitrogens with zero attached hydrogens (tertiary/aromatic N) is 2. The number of amides is 1. The number of fused-ring (bicyclic) bond motifs is 2. The summed E-state index contributed by atoms with van der Waals surface area (Å²) < 4.78 is 2.76. The quantitative estimate of drug-likeness (QED) is 0.702. The number of carbonyl (C=O) groups excluding carboxylic acids is 1. The summed E-state index contributed by atoms with van der Waals surface area (Å²) in [5.74, 6) is -0.105. The Morgan fingerprint density at radius 2 is 2.04 bits per heavy atom. The first kappa shape index (κ1) is 16.2. The molecule has 4 nitrogen and oxygen atoms in total. The van der Waals surface area contributed by atoms with E-state index in [1.807, 2.05) is 41.9 Å². The van der Waals surface area contributed by atoms with Crippen LogP contribution in [0.25, 0.3) is 10.9 Å². The Morgan fingerprint density at radius 1 is 1.24 bits per heavy atom. The van der Waals surface area contributed by atoms with Crippen molar-refractivity contribution in [3.05, 3.63) is 58.2 Å². The first-order valence-electron chi connectivity index (χ1n) is 8.52. The summed E-state index contributed by atoms with van der Waals surface area (Å²) in [6, 6.07) is 14.2. The zero-order chi connectivity index (χ0) is 17.6. The van der Waals surface area contributed by atoms with E-state index in [0.717, 1.165) is 40.6 Å². The van der Waals surface area contributed by atoms with Crippen LogP contribution in [0.4, 0.5) is 11.4 Å². The number of aryl methyl sites for hydroxylation is 1. The number of rotatable bonds is 3. The Bertz CT molecular complexity index is 937. The van der Waals surface area contributed by atoms with Crippen molar-refractivity contribution in [3.63, 3.8) is 0 Å². The number of para-hydroxylation sites is 1. The minimum Gasteiger partial charge on any atom is -0.371 e. The Hall–Kier alpha value is -2.27. The molecule has 1 N–H and O–H groups in total. The molecule has 2 heterocycles. The molecule has 0 radical (unpaired) electrons. The van der Waals surface area contributed by atoms with Gasteiger partial charge < -0.3 is 14.8 Å². The van der Waals surface area contributed by atoms with Crippen molar-refractivity contribution in [2.24, 2.45) is 7.05 Å². The van der Waals surface area contributed by atoms with Crippen LogP contribution in [0.2, 0.25) is 0 Å². The van der Waals surface area contributed by atoms with Crippen LogP contribution in [0, 0.1) is 0 Å². The summed E-state index contributed by atoms with van der Waals surface area (Å²) in [7, 11) is 1.92. The highest BCUT2D eigenvalue weighted by Crippen LogP contribution is 2.33. The maximum atomic E-state index is 12.9. The number of hydrogen-bond donors (Lipinski definition) is 1. The summed E-state index contributed by atoms with van der Waals surface area (Å²) >= 11 is 3.60. The highest BCUT2D eigenvalue weighted by Gasteiger charge is 2.21. The predicted molar refractivity (Wildman–Crippen MR) is 107 cm³/mol. The van der Waals surface area contributed by atoms with Gasteiger partial charge in [0.25, 0.3) is 5.91 Å². The Balaban J connectivity index is 1.68. The van der Waals surface area contributed by atoms with Gasteiger partial charge in [0.05, 0.1) is 4.47 Å². The third kappa shape index (κ3) is 2.63. The monoisotopic (exact) mass is 397 g/mol. The SMILES string of the molecule is CCN1CCc2ccc(NC(=O)c3c(Br)c4ccccc4n3C)cc21. The molecule has 0 spiro atoms. The van der Waals surface area contributed by atoms with Crippen molar-refractivity contribution in [2.45, 2.75) is 13.3 Å². The molecule has 25 heavy (non-hydrogen) atoms. The van der Waals surface area contributed by atoms with Gasteiger partial charge in [-0.2, -0.15) is 0 Å². The Labute approximate surface area is 155 Å². The van der Waals surface area contributed by atoms with Gasteiger partial charge in [0.15, 0.2) is 0 Å². The van der Waals surface area contributed by atoms with E-state index in [0.29, 0.717) is 5.69 Å². The van der Waals surface area contributed by atoms with Gasteiger partial charge in [-0.05, 0) is 53.0 Å². The van der Waals surface area contributed by atoms with Crippen molar-refractivity contribution < 1.29 is 4.79 Å². The zero-order valence-electron chi connectivity index (χ0n) is 14.3. The highest BCUT2D eigenvalue weighted by atomic mass is 79.9. The number of aromatic nitrogens is 1. The van der Waals surface area contributed by atoms with E-state index in [9.17, 15) is 4.79 Å². The highest BCUT2D eigenvalue weighted by molar-refractivity contribution is 9.10. The largest absolute Gasteiger partial charge is 0.371 e. The number of anilines is 2. The second-order valence-electron chi connectivity index (χ2n) is 6.37. The summed E-state index contributed by atoms with van der Waals surface area (Å²) in [6.45, 7) is 4.20. The summed E-state index contributed by atoms with van der Waals surface area (Å²) in [5.41, 5.74) is 5.09. The van der Waals surface area contributed by atoms with Gasteiger partial charge in [-0.3, -0.25) is 4.79 Å². The van der Waals surface area contributed by atoms with Gasteiger partial charge in [0.2, 0.25) is 0 Å². The number of benzene rings is 2. The molecule has 1 aromatic heterocycles. The molecular formula is C20H20BrN3O. The van der Waals surface area contributed by atoms with Gasteiger partial charge >= 0.3 is 0 Å². The van der Waals surface area contributed by atoms with E-state index in [1.54, 1.807) is 0 Å². The van der Waals surface area contributed by atoms with E-state index < -0.39 is 0 Å². The predicted octanol–water partition coefficient (Wildman–Crippen LogP) is 4.58. The lowest BCUT2D eigenvalue weighted by atomic mass is 10.1. The van der Waals surface area contributed by atoms with E-state index in [1.165, 1.54) is 11.3 Å². The van der Waals surface area contributed by atoms with Gasteiger partial charge in [0.1, 0.15) is 5.69 Å². The average Bonchev–Trinajstić information content (AvgIpc) is 3.14. The number of likely N-dealkylation sites (N-methyl/N-ethyl adjacent to an activating group) is 1. The second-order valence-corrected chi connectivity index (χ2v) is 7.16. The minimum atomic E-state index is -0.105. The second kappa shape index (κ2) is 6.23. The Morgan fingerprint density at radius 3 is 2.80 bits per heavy atom. The molecule has 1 amide bonds. The fourth-order valence-corrected chi connectivity index (χ4v) is 4.42. The number of nitrogens with one attached hydrogen (secondary N) is 1. The lowest BCUT2D eigenvalue weighted by Crippen LogP contribution is -2.20. The molecule has 1 aliphatic rings. The molecule has 0 aliphatic carbocycles. The third-order valence-electron chi connectivity index (χ3n) is 4.98. The summed E-state index contributed by atoms with van der Waals surface area (Å²) in [6.07, 6.45) is 1.08. The molecule has 128 valence electrons. The van der Waals surface area contributed by atoms with Gasteiger partial charge in [-0.25, -0.2) is 0 Å². The van der Waals surface area contributed by atoms with Gasteiger partial charge in [-0.1, -0.05) is 24.3 Å². The molecule has 0 saturated heterocycles. The fourth-order valence-electron chi connectivity index (χ4n) is 3.64. The minimum absolute atomic E-state index is 0.105. The Kier molecular flexibility index (Phi) is 4.04. The molecule has 0 bridgehead atoms. The van der Waals surface area contributed by atoms with Crippen LogP contribution in [0.3, 0.4) is 0 Å². The van der Waals surface area contributed by atoms with Crippen LogP contribution in [0.1, 0.15) is 23.0 Å². The lowest BCUT2D eigenvalue weighted by molar-refractivity contribution is 0.101. The van der Waals surface area contributed by atoms with Crippen molar-refractivity contribution in [3.8, 4) is 0 Å². The van der Waals surface area contributed by atoms with Crippen LogP contribution in [-0.2, 0) is 13.5 Å². The zero-order valence-corrected chi connectivity index (χ0v) is 15.9. The van der Waals surface area contributed by atoms with Crippen LogP contribution >= 0.6 is 15.9 Å². The normalized spacial score (nSPS) is 13.3. The molecule has 3 aromatic rings. The van der Waals surface area contributed by atoms with Crippen molar-refractivity contribution in [1.82, 2.24) is 4.57 Å². The van der Waals surface area contributed by atoms with Crippen molar-refractivity contribution in [1.29, 1.82) is 0 Å². The topological polar surface area (TPSA) is 37.3 Å². The van der Waals surface area contributed by atoms with Gasteiger partial charge in [-0.15, -0.1) is 0 Å². The molecule has 4 rings (SSSR count). The first-order chi connectivity index (χ1) is 12.1.